The Kier molecular flexibility index (Phi) is 6.22. The van der Waals surface area contributed by atoms with Crippen molar-refractivity contribution in [3.8, 4) is 0 Å². The molecule has 0 radical (unpaired) electrons. The number of allylic oxidation sites excluding steroid dienone is 2. The fourth-order valence-corrected chi connectivity index (χ4v) is 3.09. The highest BCUT2D eigenvalue weighted by Gasteiger charge is 2.28. The first-order valence-corrected chi connectivity index (χ1v) is 8.19. The van der Waals surface area contributed by atoms with Crippen molar-refractivity contribution in [3.63, 3.8) is 0 Å². The molecule has 0 fully saturated rings. The average molecular weight is 355 g/mol. The van der Waals surface area contributed by atoms with Crippen LogP contribution >= 0.6 is 23.2 Å². The molecule has 1 atom stereocenters. The van der Waals surface area contributed by atoms with Crippen LogP contribution in [0, 0.1) is 0 Å². The molecule has 1 aromatic rings. The Hall–Kier alpha value is -1.36. The molecule has 0 bridgehead atoms. The largest absolute Gasteiger partial charge is 0.511 e. The molecule has 0 aliphatic heterocycles. The minimum atomic E-state index is -0.133. The number of benzene rings is 1. The van der Waals surface area contributed by atoms with E-state index in [1.807, 2.05) is 25.1 Å². The zero-order valence-corrected chi connectivity index (χ0v) is 14.7. The Balaban J connectivity index is 2.13. The molecule has 1 aliphatic rings. The molecular formula is C17H20Cl2N2O2. The number of likely N-dealkylation sites (N-methyl/N-ethyl adjacent to an activating group) is 1. The molecule has 0 amide bonds. The van der Waals surface area contributed by atoms with Gasteiger partial charge in [-0.25, -0.2) is 0 Å². The molecule has 0 aromatic heterocycles. The Morgan fingerprint density at radius 1 is 1.35 bits per heavy atom. The van der Waals surface area contributed by atoms with Crippen LogP contribution in [0.15, 0.2) is 34.5 Å². The maximum absolute atomic E-state index is 12.3. The first-order chi connectivity index (χ1) is 10.9. The molecule has 0 spiro atoms. The molecular weight excluding hydrogens is 335 g/mol. The standard InChI is InChI=1S/C17H20Cl2N2O2/c1-21(2)6-5-20-10-14-16(22)7-11(8-17(14)23)13-4-3-12(18)9-15(13)19/h3-4,9-11,22H,5-8H2,1-2H3. The second-order valence-electron chi connectivity index (χ2n) is 5.89. The van der Waals surface area contributed by atoms with Crippen LogP contribution in [-0.4, -0.2) is 49.2 Å². The van der Waals surface area contributed by atoms with Crippen molar-refractivity contribution in [1.29, 1.82) is 0 Å². The van der Waals surface area contributed by atoms with Crippen molar-refractivity contribution in [2.24, 2.45) is 4.99 Å². The van der Waals surface area contributed by atoms with Crippen LogP contribution in [0.3, 0.4) is 0 Å². The van der Waals surface area contributed by atoms with Gasteiger partial charge in [-0.1, -0.05) is 29.3 Å². The van der Waals surface area contributed by atoms with Gasteiger partial charge in [0.25, 0.3) is 0 Å². The van der Waals surface area contributed by atoms with Crippen molar-refractivity contribution in [2.75, 3.05) is 27.2 Å². The van der Waals surface area contributed by atoms with Gasteiger partial charge in [-0.15, -0.1) is 0 Å². The van der Waals surface area contributed by atoms with E-state index in [1.165, 1.54) is 6.21 Å². The fourth-order valence-electron chi connectivity index (χ4n) is 2.52. The summed E-state index contributed by atoms with van der Waals surface area (Å²) in [7, 11) is 3.91. The van der Waals surface area contributed by atoms with Gasteiger partial charge in [-0.05, 0) is 37.7 Å². The van der Waals surface area contributed by atoms with Crippen molar-refractivity contribution >= 4 is 35.2 Å². The zero-order valence-electron chi connectivity index (χ0n) is 13.2. The quantitative estimate of drug-likeness (QED) is 0.816. The summed E-state index contributed by atoms with van der Waals surface area (Å²) < 4.78 is 0. The predicted molar refractivity (Wildman–Crippen MR) is 95.0 cm³/mol. The minimum Gasteiger partial charge on any atom is -0.511 e. The van der Waals surface area contributed by atoms with Gasteiger partial charge in [0.1, 0.15) is 5.76 Å². The second kappa shape index (κ2) is 7.95. The number of ketones is 1. The smallest absolute Gasteiger partial charge is 0.168 e. The lowest BCUT2D eigenvalue weighted by Gasteiger charge is -2.23. The highest BCUT2D eigenvalue weighted by molar-refractivity contribution is 6.35. The molecule has 4 nitrogen and oxygen atoms in total. The monoisotopic (exact) mass is 354 g/mol. The second-order valence-corrected chi connectivity index (χ2v) is 6.74. The predicted octanol–water partition coefficient (Wildman–Crippen LogP) is 3.88. The van der Waals surface area contributed by atoms with Gasteiger partial charge in [-0.3, -0.25) is 9.79 Å². The number of hydrogen-bond acceptors (Lipinski definition) is 4. The van der Waals surface area contributed by atoms with Crippen LogP contribution in [-0.2, 0) is 4.79 Å². The summed E-state index contributed by atoms with van der Waals surface area (Å²) in [6.07, 6.45) is 2.17. The lowest BCUT2D eigenvalue weighted by molar-refractivity contribution is -0.116. The highest BCUT2D eigenvalue weighted by atomic mass is 35.5. The molecule has 0 saturated heterocycles. The summed E-state index contributed by atoms with van der Waals surface area (Å²) in [5.74, 6) is -0.171. The van der Waals surface area contributed by atoms with Crippen LogP contribution in [0.4, 0.5) is 0 Å². The summed E-state index contributed by atoms with van der Waals surface area (Å²) in [5, 5.41) is 11.3. The Morgan fingerprint density at radius 2 is 2.09 bits per heavy atom. The minimum absolute atomic E-state index is 0.0749. The van der Waals surface area contributed by atoms with Crippen molar-refractivity contribution in [1.82, 2.24) is 4.90 Å². The summed E-state index contributed by atoms with van der Waals surface area (Å²) in [5.41, 5.74) is 1.14. The number of Topliss-reactive ketones (excluding diaryl/α,β-unsaturated/α-hetero) is 1. The average Bonchev–Trinajstić information content (AvgIpc) is 2.45. The number of aliphatic hydroxyl groups is 1. The first kappa shape index (κ1) is 18.0. The van der Waals surface area contributed by atoms with Gasteiger partial charge < -0.3 is 10.0 Å². The third kappa shape index (κ3) is 4.80. The summed E-state index contributed by atoms with van der Waals surface area (Å²) in [6.45, 7) is 1.38. The Bertz CT molecular complexity index is 654. The molecule has 6 heteroatoms. The van der Waals surface area contributed by atoms with E-state index >= 15 is 0 Å². The molecule has 0 saturated carbocycles. The molecule has 2 rings (SSSR count). The number of nitrogens with zero attached hydrogens (tertiary/aromatic N) is 2. The number of aliphatic hydroxyl groups excluding tert-OH is 1. The Labute approximate surface area is 146 Å². The normalized spacial score (nSPS) is 19.2. The van der Waals surface area contributed by atoms with Crippen molar-refractivity contribution in [3.05, 3.63) is 45.1 Å². The van der Waals surface area contributed by atoms with Crippen LogP contribution in [0.1, 0.15) is 24.3 Å². The molecule has 1 aliphatic carbocycles. The summed E-state index contributed by atoms with van der Waals surface area (Å²) in [4.78, 5) is 18.5. The van der Waals surface area contributed by atoms with E-state index in [1.54, 1.807) is 12.1 Å². The number of rotatable bonds is 5. The maximum atomic E-state index is 12.3. The Morgan fingerprint density at radius 3 is 2.70 bits per heavy atom. The van der Waals surface area contributed by atoms with E-state index in [0.29, 0.717) is 35.0 Å². The molecule has 1 unspecified atom stereocenters. The summed E-state index contributed by atoms with van der Waals surface area (Å²) >= 11 is 12.1. The number of halogens is 2. The van der Waals surface area contributed by atoms with Crippen LogP contribution < -0.4 is 0 Å². The topological polar surface area (TPSA) is 52.9 Å². The van der Waals surface area contributed by atoms with Crippen molar-refractivity contribution < 1.29 is 9.90 Å². The van der Waals surface area contributed by atoms with Crippen molar-refractivity contribution in [2.45, 2.75) is 18.8 Å². The SMILES string of the molecule is CN(C)CCN=CC1=C(O)CC(c2ccc(Cl)cc2Cl)CC1=O. The van der Waals surface area contributed by atoms with E-state index in [2.05, 4.69) is 4.99 Å². The lowest BCUT2D eigenvalue weighted by Crippen LogP contribution is -2.20. The van der Waals surface area contributed by atoms with Gasteiger partial charge in [0.2, 0.25) is 0 Å². The maximum Gasteiger partial charge on any atom is 0.168 e. The van der Waals surface area contributed by atoms with Crippen LogP contribution in [0.2, 0.25) is 10.0 Å². The van der Waals surface area contributed by atoms with Gasteiger partial charge in [0, 0.05) is 35.6 Å². The number of carbonyl (C=O) groups is 1. The zero-order chi connectivity index (χ0) is 17.0. The molecule has 124 valence electrons. The lowest BCUT2D eigenvalue weighted by atomic mass is 9.83. The van der Waals surface area contributed by atoms with Gasteiger partial charge >= 0.3 is 0 Å². The summed E-state index contributed by atoms with van der Waals surface area (Å²) in [6, 6.07) is 5.21. The number of aliphatic imine (C=N–C) groups is 1. The molecule has 23 heavy (non-hydrogen) atoms. The highest BCUT2D eigenvalue weighted by Crippen LogP contribution is 2.37. The molecule has 1 N–H and O–H groups in total. The van der Waals surface area contributed by atoms with E-state index in [4.69, 9.17) is 23.2 Å². The third-order valence-electron chi connectivity index (χ3n) is 3.78. The fraction of sp³-hybridized carbons (Fsp3) is 0.412. The number of carbonyl (C=O) groups excluding carboxylic acids is 1. The van der Waals surface area contributed by atoms with Gasteiger partial charge in [0.15, 0.2) is 5.78 Å². The first-order valence-electron chi connectivity index (χ1n) is 7.43. The van der Waals surface area contributed by atoms with Crippen LogP contribution in [0.5, 0.6) is 0 Å². The molecule has 0 heterocycles. The molecule has 1 aromatic carbocycles. The van der Waals surface area contributed by atoms with E-state index in [0.717, 1.165) is 12.1 Å². The number of hydrogen-bond donors (Lipinski definition) is 1. The third-order valence-corrected chi connectivity index (χ3v) is 4.34. The van der Waals surface area contributed by atoms with Gasteiger partial charge in [-0.2, -0.15) is 0 Å². The van der Waals surface area contributed by atoms with Gasteiger partial charge in [0.05, 0.1) is 12.1 Å². The van der Waals surface area contributed by atoms with E-state index < -0.39 is 0 Å². The van der Waals surface area contributed by atoms with Crippen LogP contribution in [0.25, 0.3) is 0 Å². The van der Waals surface area contributed by atoms with E-state index in [9.17, 15) is 9.90 Å². The van der Waals surface area contributed by atoms with E-state index in [-0.39, 0.29) is 17.5 Å².